The number of nitrogens with zero attached hydrogens (tertiary/aromatic N) is 1. The van der Waals surface area contributed by atoms with E-state index < -0.39 is 5.41 Å². The van der Waals surface area contributed by atoms with Gasteiger partial charge in [0.15, 0.2) is 0 Å². The topological polar surface area (TPSA) is 42.0 Å². The first-order valence-corrected chi connectivity index (χ1v) is 10.3. The van der Waals surface area contributed by atoms with Crippen molar-refractivity contribution in [3.8, 4) is 0 Å². The normalized spacial score (nSPS) is 20.1. The zero-order chi connectivity index (χ0) is 19.6. The second kappa shape index (κ2) is 7.75. The largest absolute Gasteiger partial charge is 0.353 e. The molecule has 0 unspecified atom stereocenters. The van der Waals surface area contributed by atoms with Crippen molar-refractivity contribution in [3.63, 3.8) is 0 Å². The summed E-state index contributed by atoms with van der Waals surface area (Å²) in [6, 6.07) is 20.9. The van der Waals surface area contributed by atoms with Gasteiger partial charge in [0.25, 0.3) is 0 Å². The molecule has 2 aromatic carbocycles. The molecule has 1 heterocycles. The lowest BCUT2D eigenvalue weighted by Gasteiger charge is -2.33. The van der Waals surface area contributed by atoms with Gasteiger partial charge in [-0.1, -0.05) is 48.5 Å². The average molecular weight is 373 g/mol. The molecule has 144 valence electrons. The number of rotatable bonds is 4. The second-order valence-electron chi connectivity index (χ2n) is 8.43. The number of pyridine rings is 1. The van der Waals surface area contributed by atoms with Gasteiger partial charge in [0.1, 0.15) is 0 Å². The second-order valence-corrected chi connectivity index (χ2v) is 8.43. The summed E-state index contributed by atoms with van der Waals surface area (Å²) in [5.41, 5.74) is 3.02. The van der Waals surface area contributed by atoms with Gasteiger partial charge in [0.2, 0.25) is 5.91 Å². The summed E-state index contributed by atoms with van der Waals surface area (Å²) in [7, 11) is 0. The van der Waals surface area contributed by atoms with E-state index in [4.69, 9.17) is 0 Å². The Kier molecular flexibility index (Phi) is 5.17. The van der Waals surface area contributed by atoms with Gasteiger partial charge in [0.05, 0.1) is 10.9 Å². The molecule has 1 saturated carbocycles. The Balaban J connectivity index is 1.41. The SMILES string of the molecule is CC(C)(C(=O)NC1CCC(c2ccnc3ccccc23)CC1)c1ccccc1. The van der Waals surface area contributed by atoms with E-state index in [9.17, 15) is 4.79 Å². The molecule has 1 aliphatic rings. The molecule has 0 atom stereocenters. The smallest absolute Gasteiger partial charge is 0.230 e. The van der Waals surface area contributed by atoms with Crippen LogP contribution in [0.3, 0.4) is 0 Å². The lowest BCUT2D eigenvalue weighted by atomic mass is 9.79. The Bertz CT molecular complexity index is 951. The first-order chi connectivity index (χ1) is 13.6. The van der Waals surface area contributed by atoms with Crippen LogP contribution in [0.2, 0.25) is 0 Å². The van der Waals surface area contributed by atoms with Crippen LogP contribution in [0.4, 0.5) is 0 Å². The summed E-state index contributed by atoms with van der Waals surface area (Å²) in [6.07, 6.45) is 6.18. The van der Waals surface area contributed by atoms with Crippen molar-refractivity contribution in [3.05, 3.63) is 78.0 Å². The molecule has 28 heavy (non-hydrogen) atoms. The number of aromatic nitrogens is 1. The Labute approximate surface area is 167 Å². The Hall–Kier alpha value is -2.68. The molecule has 3 nitrogen and oxygen atoms in total. The Morgan fingerprint density at radius 1 is 0.929 bits per heavy atom. The van der Waals surface area contributed by atoms with E-state index in [1.165, 1.54) is 10.9 Å². The predicted molar refractivity (Wildman–Crippen MR) is 114 cm³/mol. The van der Waals surface area contributed by atoms with Gasteiger partial charge in [-0.25, -0.2) is 0 Å². The zero-order valence-corrected chi connectivity index (χ0v) is 16.7. The van der Waals surface area contributed by atoms with Crippen LogP contribution in [-0.4, -0.2) is 16.9 Å². The van der Waals surface area contributed by atoms with Gasteiger partial charge >= 0.3 is 0 Å². The first-order valence-electron chi connectivity index (χ1n) is 10.3. The molecule has 1 aromatic heterocycles. The lowest BCUT2D eigenvalue weighted by Crippen LogP contribution is -2.46. The van der Waals surface area contributed by atoms with Crippen molar-refractivity contribution in [2.75, 3.05) is 0 Å². The number of para-hydroxylation sites is 1. The van der Waals surface area contributed by atoms with Crippen molar-refractivity contribution in [1.29, 1.82) is 0 Å². The number of hydrogen-bond donors (Lipinski definition) is 1. The summed E-state index contributed by atoms with van der Waals surface area (Å²) >= 11 is 0. The van der Waals surface area contributed by atoms with Crippen LogP contribution in [0.15, 0.2) is 66.9 Å². The molecule has 1 aliphatic carbocycles. The molecule has 1 amide bonds. The third-order valence-electron chi connectivity index (χ3n) is 6.25. The summed E-state index contributed by atoms with van der Waals surface area (Å²) in [5, 5.41) is 4.58. The molecule has 4 rings (SSSR count). The lowest BCUT2D eigenvalue weighted by molar-refractivity contribution is -0.126. The van der Waals surface area contributed by atoms with Crippen LogP contribution >= 0.6 is 0 Å². The van der Waals surface area contributed by atoms with E-state index in [0.29, 0.717) is 5.92 Å². The summed E-state index contributed by atoms with van der Waals surface area (Å²) in [4.78, 5) is 17.4. The maximum Gasteiger partial charge on any atom is 0.230 e. The minimum absolute atomic E-state index is 0.122. The van der Waals surface area contributed by atoms with Crippen LogP contribution in [0.1, 0.15) is 56.6 Å². The van der Waals surface area contributed by atoms with Crippen LogP contribution in [0.25, 0.3) is 10.9 Å². The third-order valence-corrected chi connectivity index (χ3v) is 6.25. The highest BCUT2D eigenvalue weighted by atomic mass is 16.2. The number of hydrogen-bond acceptors (Lipinski definition) is 2. The monoisotopic (exact) mass is 372 g/mol. The van der Waals surface area contributed by atoms with Crippen molar-refractivity contribution in [1.82, 2.24) is 10.3 Å². The maximum absolute atomic E-state index is 12.9. The average Bonchev–Trinajstić information content (AvgIpc) is 2.74. The van der Waals surface area contributed by atoms with Gasteiger partial charge < -0.3 is 5.32 Å². The van der Waals surface area contributed by atoms with Crippen molar-refractivity contribution in [2.45, 2.75) is 56.9 Å². The Morgan fingerprint density at radius 2 is 1.61 bits per heavy atom. The molecular weight excluding hydrogens is 344 g/mol. The highest BCUT2D eigenvalue weighted by molar-refractivity contribution is 5.87. The summed E-state index contributed by atoms with van der Waals surface area (Å²) < 4.78 is 0. The van der Waals surface area contributed by atoms with Crippen LogP contribution in [-0.2, 0) is 10.2 Å². The highest BCUT2D eigenvalue weighted by Crippen LogP contribution is 2.36. The number of carbonyl (C=O) groups excluding carboxylic acids is 1. The molecule has 0 saturated heterocycles. The number of fused-ring (bicyclic) bond motifs is 1. The van der Waals surface area contributed by atoms with E-state index in [2.05, 4.69) is 34.6 Å². The Morgan fingerprint density at radius 3 is 2.36 bits per heavy atom. The molecule has 0 aliphatic heterocycles. The molecule has 0 radical (unpaired) electrons. The number of benzene rings is 2. The minimum Gasteiger partial charge on any atom is -0.353 e. The third kappa shape index (κ3) is 3.66. The fourth-order valence-corrected chi connectivity index (χ4v) is 4.37. The summed E-state index contributed by atoms with van der Waals surface area (Å²) in [6.45, 7) is 4.01. The molecule has 1 N–H and O–H groups in total. The minimum atomic E-state index is -0.514. The van der Waals surface area contributed by atoms with Crippen LogP contribution in [0, 0.1) is 0 Å². The van der Waals surface area contributed by atoms with Crippen LogP contribution < -0.4 is 5.32 Å². The quantitative estimate of drug-likeness (QED) is 0.670. The maximum atomic E-state index is 12.9. The van der Waals surface area contributed by atoms with E-state index in [1.54, 1.807) is 0 Å². The molecule has 0 bridgehead atoms. The van der Waals surface area contributed by atoms with E-state index in [-0.39, 0.29) is 11.9 Å². The van der Waals surface area contributed by atoms with Crippen molar-refractivity contribution >= 4 is 16.8 Å². The first kappa shape index (κ1) is 18.7. The summed E-state index contributed by atoms with van der Waals surface area (Å²) in [5.74, 6) is 0.666. The molecular formula is C25H28N2O. The van der Waals surface area contributed by atoms with Gasteiger partial charge in [-0.2, -0.15) is 0 Å². The van der Waals surface area contributed by atoms with Gasteiger partial charge in [0, 0.05) is 17.6 Å². The van der Waals surface area contributed by atoms with E-state index in [0.717, 1.165) is 36.8 Å². The van der Waals surface area contributed by atoms with Gasteiger partial charge in [-0.15, -0.1) is 0 Å². The van der Waals surface area contributed by atoms with Crippen molar-refractivity contribution in [2.24, 2.45) is 0 Å². The molecule has 0 spiro atoms. The predicted octanol–water partition coefficient (Wildman–Crippen LogP) is 5.36. The fraction of sp³-hybridized carbons (Fsp3) is 0.360. The fourth-order valence-electron chi connectivity index (χ4n) is 4.37. The number of amides is 1. The van der Waals surface area contributed by atoms with Gasteiger partial charge in [-0.05, 0) is 68.7 Å². The molecule has 1 fully saturated rings. The van der Waals surface area contributed by atoms with Crippen molar-refractivity contribution < 1.29 is 4.79 Å². The van der Waals surface area contributed by atoms with Gasteiger partial charge in [-0.3, -0.25) is 9.78 Å². The molecule has 3 heteroatoms. The standard InChI is InChI=1S/C25H28N2O/c1-25(2,19-8-4-3-5-9-19)24(28)27-20-14-12-18(13-15-20)21-16-17-26-23-11-7-6-10-22(21)23/h3-11,16-18,20H,12-15H2,1-2H3,(H,27,28). The zero-order valence-electron chi connectivity index (χ0n) is 16.7. The van der Waals surface area contributed by atoms with E-state index >= 15 is 0 Å². The number of nitrogens with one attached hydrogen (secondary N) is 1. The van der Waals surface area contributed by atoms with E-state index in [1.807, 2.05) is 56.4 Å². The molecule has 3 aromatic rings. The number of carbonyl (C=O) groups is 1. The van der Waals surface area contributed by atoms with Crippen LogP contribution in [0.5, 0.6) is 0 Å². The highest BCUT2D eigenvalue weighted by Gasteiger charge is 2.32.